The number of hydrogen-bond acceptors (Lipinski definition) is 3. The Morgan fingerprint density at radius 1 is 1.55 bits per heavy atom. The molecule has 1 aliphatic rings. The number of likely N-dealkylation sites (N-methyl/N-ethyl adjacent to an activating group) is 1. The summed E-state index contributed by atoms with van der Waals surface area (Å²) in [6, 6.07) is 2.36. The molecule has 0 atom stereocenters. The lowest BCUT2D eigenvalue weighted by Gasteiger charge is -2.15. The summed E-state index contributed by atoms with van der Waals surface area (Å²) in [5.74, 6) is 0. The van der Waals surface area contributed by atoms with E-state index in [1.54, 1.807) is 19.3 Å². The van der Waals surface area contributed by atoms with E-state index >= 15 is 0 Å². The zero-order valence-corrected chi connectivity index (χ0v) is 13.2. The summed E-state index contributed by atoms with van der Waals surface area (Å²) < 4.78 is 28.1. The van der Waals surface area contributed by atoms with Crippen molar-refractivity contribution in [3.63, 3.8) is 0 Å². The number of rotatable bonds is 7. The highest BCUT2D eigenvalue weighted by Gasteiger charge is 2.24. The Balaban J connectivity index is 2.14. The van der Waals surface area contributed by atoms with Gasteiger partial charge in [0.2, 0.25) is 10.0 Å². The van der Waals surface area contributed by atoms with E-state index in [2.05, 4.69) is 11.9 Å². The second-order valence-corrected chi connectivity index (χ2v) is 7.70. The summed E-state index contributed by atoms with van der Waals surface area (Å²) in [6.07, 6.45) is 4.11. The third kappa shape index (κ3) is 3.50. The van der Waals surface area contributed by atoms with Crippen molar-refractivity contribution in [2.24, 2.45) is 7.05 Å². The van der Waals surface area contributed by atoms with Crippen LogP contribution in [0.1, 0.15) is 25.5 Å². The summed E-state index contributed by atoms with van der Waals surface area (Å²) in [7, 11) is 0.0244. The predicted octanol–water partition coefficient (Wildman–Crippen LogP) is 1.47. The fourth-order valence-corrected chi connectivity index (χ4v) is 3.40. The zero-order chi connectivity index (χ0) is 14.9. The molecular formula is C14H23N3O2S. The van der Waals surface area contributed by atoms with E-state index in [-0.39, 0.29) is 0 Å². The topological polar surface area (TPSA) is 54.3 Å². The highest BCUT2D eigenvalue weighted by Crippen LogP contribution is 2.21. The fourth-order valence-electron chi connectivity index (χ4n) is 2.08. The van der Waals surface area contributed by atoms with Gasteiger partial charge in [-0.1, -0.05) is 12.2 Å². The van der Waals surface area contributed by atoms with Crippen LogP contribution >= 0.6 is 0 Å². The SMILES string of the molecule is C=C(C)CN(C)S(=O)(=O)c1cc(CNC2CC2)n(C)c1. The molecular weight excluding hydrogens is 274 g/mol. The van der Waals surface area contributed by atoms with E-state index in [0.29, 0.717) is 24.0 Å². The molecule has 0 aromatic carbocycles. The third-order valence-corrected chi connectivity index (χ3v) is 5.20. The van der Waals surface area contributed by atoms with Crippen LogP contribution in [0.25, 0.3) is 0 Å². The summed E-state index contributed by atoms with van der Waals surface area (Å²) in [4.78, 5) is 0.344. The molecule has 0 bridgehead atoms. The van der Waals surface area contributed by atoms with Crippen LogP contribution < -0.4 is 5.32 Å². The summed E-state index contributed by atoms with van der Waals surface area (Å²) >= 11 is 0. The Hall–Kier alpha value is -1.11. The Morgan fingerprint density at radius 3 is 2.75 bits per heavy atom. The monoisotopic (exact) mass is 297 g/mol. The van der Waals surface area contributed by atoms with Gasteiger partial charge in [-0.3, -0.25) is 0 Å². The maximum Gasteiger partial charge on any atom is 0.244 e. The number of nitrogens with zero attached hydrogens (tertiary/aromatic N) is 2. The summed E-state index contributed by atoms with van der Waals surface area (Å²) in [5, 5.41) is 3.40. The van der Waals surface area contributed by atoms with Crippen LogP contribution in [-0.2, 0) is 23.6 Å². The van der Waals surface area contributed by atoms with Gasteiger partial charge in [0.25, 0.3) is 0 Å². The van der Waals surface area contributed by atoms with Gasteiger partial charge in [-0.05, 0) is 25.8 Å². The van der Waals surface area contributed by atoms with Crippen molar-refractivity contribution in [2.75, 3.05) is 13.6 Å². The number of hydrogen-bond donors (Lipinski definition) is 1. The molecule has 6 heteroatoms. The molecule has 2 rings (SSSR count). The van der Waals surface area contributed by atoms with E-state index in [1.165, 1.54) is 17.1 Å². The van der Waals surface area contributed by atoms with Crippen LogP contribution in [0.5, 0.6) is 0 Å². The molecule has 0 unspecified atom stereocenters. The van der Waals surface area contributed by atoms with Crippen molar-refractivity contribution in [1.82, 2.24) is 14.2 Å². The minimum Gasteiger partial charge on any atom is -0.352 e. The molecule has 112 valence electrons. The molecule has 1 N–H and O–H groups in total. The molecule has 1 fully saturated rings. The van der Waals surface area contributed by atoms with Crippen LogP contribution in [0.2, 0.25) is 0 Å². The summed E-state index contributed by atoms with van der Waals surface area (Å²) in [5.41, 5.74) is 1.81. The molecule has 1 aliphatic carbocycles. The van der Waals surface area contributed by atoms with Gasteiger partial charge in [0.1, 0.15) is 4.90 Å². The fraction of sp³-hybridized carbons (Fsp3) is 0.571. The van der Waals surface area contributed by atoms with Crippen molar-refractivity contribution in [3.05, 3.63) is 30.1 Å². The standard InChI is InChI=1S/C14H23N3O2S/c1-11(2)9-17(4)20(18,19)14-7-13(16(3)10-14)8-15-12-5-6-12/h7,10,12,15H,1,5-6,8-9H2,2-4H3. The quantitative estimate of drug-likeness (QED) is 0.776. The number of sulfonamides is 1. The maximum absolute atomic E-state index is 12.4. The molecule has 0 spiro atoms. The molecule has 1 saturated carbocycles. The Bertz CT molecular complexity index is 600. The average Bonchev–Trinajstić information content (AvgIpc) is 3.09. The highest BCUT2D eigenvalue weighted by atomic mass is 32.2. The molecule has 1 aromatic rings. The summed E-state index contributed by atoms with van der Waals surface area (Å²) in [6.45, 7) is 6.63. The lowest BCUT2D eigenvalue weighted by Crippen LogP contribution is -2.28. The van der Waals surface area contributed by atoms with Gasteiger partial charge in [0, 0.05) is 45.1 Å². The lowest BCUT2D eigenvalue weighted by atomic mass is 10.4. The molecule has 1 heterocycles. The first-order chi connectivity index (χ1) is 9.30. The van der Waals surface area contributed by atoms with Gasteiger partial charge >= 0.3 is 0 Å². The first kappa shape index (κ1) is 15.3. The number of aromatic nitrogens is 1. The second-order valence-electron chi connectivity index (χ2n) is 5.65. The lowest BCUT2D eigenvalue weighted by molar-refractivity contribution is 0.493. The Labute approximate surface area is 121 Å². The smallest absolute Gasteiger partial charge is 0.244 e. The van der Waals surface area contributed by atoms with Crippen molar-refractivity contribution >= 4 is 10.0 Å². The minimum absolute atomic E-state index is 0.340. The van der Waals surface area contributed by atoms with Gasteiger partial charge in [0.05, 0.1) is 0 Å². The van der Waals surface area contributed by atoms with E-state index in [1.807, 2.05) is 18.5 Å². The average molecular weight is 297 g/mol. The Kier molecular flexibility index (Phi) is 4.36. The molecule has 0 radical (unpaired) electrons. The van der Waals surface area contributed by atoms with Crippen LogP contribution in [0, 0.1) is 0 Å². The predicted molar refractivity (Wildman–Crippen MR) is 79.9 cm³/mol. The van der Waals surface area contributed by atoms with Gasteiger partial charge in [-0.15, -0.1) is 0 Å². The van der Waals surface area contributed by atoms with E-state index in [0.717, 1.165) is 11.3 Å². The minimum atomic E-state index is -3.43. The number of nitrogens with one attached hydrogen (secondary N) is 1. The molecule has 1 aromatic heterocycles. The molecule has 5 nitrogen and oxygen atoms in total. The Morgan fingerprint density at radius 2 is 2.20 bits per heavy atom. The van der Waals surface area contributed by atoms with Crippen molar-refractivity contribution in [3.8, 4) is 0 Å². The molecule has 0 saturated heterocycles. The van der Waals surface area contributed by atoms with Crippen LogP contribution in [0.15, 0.2) is 29.3 Å². The maximum atomic E-state index is 12.4. The van der Waals surface area contributed by atoms with Crippen molar-refractivity contribution in [2.45, 2.75) is 37.2 Å². The molecule has 20 heavy (non-hydrogen) atoms. The van der Waals surface area contributed by atoms with Gasteiger partial charge in [-0.2, -0.15) is 4.31 Å². The first-order valence-electron chi connectivity index (χ1n) is 6.80. The van der Waals surface area contributed by atoms with E-state index in [9.17, 15) is 8.42 Å². The van der Waals surface area contributed by atoms with Crippen molar-refractivity contribution < 1.29 is 8.42 Å². The number of aryl methyl sites for hydroxylation is 1. The van der Waals surface area contributed by atoms with Gasteiger partial charge < -0.3 is 9.88 Å². The van der Waals surface area contributed by atoms with Crippen molar-refractivity contribution in [1.29, 1.82) is 0 Å². The second kappa shape index (κ2) is 5.71. The van der Waals surface area contributed by atoms with Gasteiger partial charge in [0.15, 0.2) is 0 Å². The van der Waals surface area contributed by atoms with E-state index in [4.69, 9.17) is 0 Å². The van der Waals surface area contributed by atoms with E-state index < -0.39 is 10.0 Å². The third-order valence-electron chi connectivity index (χ3n) is 3.43. The molecule has 0 amide bonds. The first-order valence-corrected chi connectivity index (χ1v) is 8.24. The van der Waals surface area contributed by atoms with Crippen LogP contribution in [0.3, 0.4) is 0 Å². The largest absolute Gasteiger partial charge is 0.352 e. The van der Waals surface area contributed by atoms with Gasteiger partial charge in [-0.25, -0.2) is 8.42 Å². The van der Waals surface area contributed by atoms with Crippen LogP contribution in [0.4, 0.5) is 0 Å². The molecule has 0 aliphatic heterocycles. The van der Waals surface area contributed by atoms with Crippen LogP contribution in [-0.4, -0.2) is 36.9 Å². The zero-order valence-electron chi connectivity index (χ0n) is 12.4. The normalized spacial score (nSPS) is 15.8. The highest BCUT2D eigenvalue weighted by molar-refractivity contribution is 7.89.